The van der Waals surface area contributed by atoms with Gasteiger partial charge in [-0.15, -0.1) is 0 Å². The summed E-state index contributed by atoms with van der Waals surface area (Å²) in [4.78, 5) is 14.0. The summed E-state index contributed by atoms with van der Waals surface area (Å²) >= 11 is 5.67. The maximum absolute atomic E-state index is 13.6. The Morgan fingerprint density at radius 2 is 2.35 bits per heavy atom. The molecule has 0 aromatic heterocycles. The van der Waals surface area contributed by atoms with Crippen LogP contribution in [0.5, 0.6) is 0 Å². The lowest BCUT2D eigenvalue weighted by molar-refractivity contribution is -0.117. The van der Waals surface area contributed by atoms with E-state index in [1.54, 1.807) is 6.07 Å². The first-order valence-electron chi connectivity index (χ1n) is 6.70. The van der Waals surface area contributed by atoms with E-state index in [1.807, 2.05) is 7.05 Å². The van der Waals surface area contributed by atoms with E-state index in [4.69, 9.17) is 11.6 Å². The monoisotopic (exact) mass is 299 g/mol. The Hall–Kier alpha value is -1.17. The largest absolute Gasteiger partial charge is 0.322 e. The smallest absolute Gasteiger partial charge is 0.238 e. The molecule has 4 nitrogen and oxygen atoms in total. The third-order valence-electron chi connectivity index (χ3n) is 3.44. The molecular formula is C14H19ClFN3O. The summed E-state index contributed by atoms with van der Waals surface area (Å²) in [6.07, 6.45) is 1.09. The fraction of sp³-hybridized carbons (Fsp3) is 0.500. The number of rotatable bonds is 5. The van der Waals surface area contributed by atoms with Crippen molar-refractivity contribution in [2.75, 3.05) is 38.5 Å². The van der Waals surface area contributed by atoms with Crippen molar-refractivity contribution in [3.8, 4) is 0 Å². The van der Waals surface area contributed by atoms with Gasteiger partial charge in [-0.1, -0.05) is 11.6 Å². The zero-order valence-corrected chi connectivity index (χ0v) is 12.2. The molecule has 1 aromatic rings. The first-order chi connectivity index (χ1) is 9.58. The number of hydrogen-bond donors (Lipinski definition) is 2. The molecule has 20 heavy (non-hydrogen) atoms. The van der Waals surface area contributed by atoms with Crippen LogP contribution in [0.3, 0.4) is 0 Å². The van der Waals surface area contributed by atoms with Crippen LogP contribution in [-0.4, -0.2) is 44.0 Å². The maximum Gasteiger partial charge on any atom is 0.238 e. The number of carbonyl (C=O) groups excluding carboxylic acids is 1. The molecule has 1 atom stereocenters. The molecule has 0 radical (unpaired) electrons. The molecule has 2 rings (SSSR count). The summed E-state index contributed by atoms with van der Waals surface area (Å²) in [6.45, 7) is 3.06. The molecule has 6 heteroatoms. The van der Waals surface area contributed by atoms with Crippen molar-refractivity contribution in [3.05, 3.63) is 29.0 Å². The number of hydrogen-bond acceptors (Lipinski definition) is 3. The molecule has 1 heterocycles. The van der Waals surface area contributed by atoms with Crippen LogP contribution in [0.15, 0.2) is 18.2 Å². The van der Waals surface area contributed by atoms with Gasteiger partial charge in [0.25, 0.3) is 0 Å². The summed E-state index contributed by atoms with van der Waals surface area (Å²) in [6, 6.07) is 4.22. The quantitative estimate of drug-likeness (QED) is 0.873. The second kappa shape index (κ2) is 7.02. The zero-order chi connectivity index (χ0) is 14.5. The Bertz CT molecular complexity index is 483. The minimum atomic E-state index is -0.514. The fourth-order valence-corrected chi connectivity index (χ4v) is 2.65. The molecule has 1 aliphatic rings. The van der Waals surface area contributed by atoms with E-state index < -0.39 is 5.82 Å². The summed E-state index contributed by atoms with van der Waals surface area (Å²) < 4.78 is 13.6. The molecular weight excluding hydrogens is 281 g/mol. The number of carbonyl (C=O) groups is 1. The van der Waals surface area contributed by atoms with Crippen LogP contribution in [0.4, 0.5) is 10.1 Å². The van der Waals surface area contributed by atoms with Gasteiger partial charge in [-0.2, -0.15) is 0 Å². The molecule has 0 spiro atoms. The second-order valence-electron chi connectivity index (χ2n) is 5.12. The van der Waals surface area contributed by atoms with Crippen LogP contribution in [0.25, 0.3) is 0 Å². The third kappa shape index (κ3) is 4.16. The molecule has 1 amide bonds. The Morgan fingerprint density at radius 1 is 1.55 bits per heavy atom. The SMILES string of the molecule is CNCC1CCN(CC(=O)Nc2ccc(Cl)cc2F)C1. The second-order valence-corrected chi connectivity index (χ2v) is 5.56. The minimum Gasteiger partial charge on any atom is -0.322 e. The van der Waals surface area contributed by atoms with Gasteiger partial charge >= 0.3 is 0 Å². The first-order valence-corrected chi connectivity index (χ1v) is 7.08. The average Bonchev–Trinajstić information content (AvgIpc) is 2.81. The highest BCUT2D eigenvalue weighted by atomic mass is 35.5. The number of benzene rings is 1. The van der Waals surface area contributed by atoms with E-state index in [0.717, 1.165) is 26.1 Å². The van der Waals surface area contributed by atoms with Gasteiger partial charge in [0.1, 0.15) is 5.82 Å². The van der Waals surface area contributed by atoms with E-state index in [9.17, 15) is 9.18 Å². The van der Waals surface area contributed by atoms with E-state index >= 15 is 0 Å². The molecule has 2 N–H and O–H groups in total. The van der Waals surface area contributed by atoms with Crippen molar-refractivity contribution >= 4 is 23.2 Å². The lowest BCUT2D eigenvalue weighted by Gasteiger charge is -2.16. The van der Waals surface area contributed by atoms with Gasteiger partial charge < -0.3 is 10.6 Å². The van der Waals surface area contributed by atoms with Gasteiger partial charge in [-0.3, -0.25) is 9.69 Å². The predicted octanol–water partition coefficient (Wildman–Crippen LogP) is 1.96. The molecule has 1 unspecified atom stereocenters. The lowest BCUT2D eigenvalue weighted by atomic mass is 10.1. The number of halogens is 2. The van der Waals surface area contributed by atoms with Crippen LogP contribution in [0.1, 0.15) is 6.42 Å². The predicted molar refractivity (Wildman–Crippen MR) is 78.5 cm³/mol. The summed E-state index contributed by atoms with van der Waals surface area (Å²) in [5, 5.41) is 6.04. The van der Waals surface area contributed by atoms with E-state index in [0.29, 0.717) is 17.5 Å². The van der Waals surface area contributed by atoms with Gasteiger partial charge in [0.15, 0.2) is 0 Å². The van der Waals surface area contributed by atoms with E-state index in [2.05, 4.69) is 15.5 Å². The van der Waals surface area contributed by atoms with E-state index in [-0.39, 0.29) is 11.6 Å². The Morgan fingerprint density at radius 3 is 3.05 bits per heavy atom. The highest BCUT2D eigenvalue weighted by Gasteiger charge is 2.23. The number of amides is 1. The highest BCUT2D eigenvalue weighted by molar-refractivity contribution is 6.30. The Labute approximate surface area is 123 Å². The van der Waals surface area contributed by atoms with Gasteiger partial charge in [0.2, 0.25) is 5.91 Å². The van der Waals surface area contributed by atoms with Crippen molar-refractivity contribution in [1.29, 1.82) is 0 Å². The van der Waals surface area contributed by atoms with Crippen LogP contribution < -0.4 is 10.6 Å². The summed E-state index contributed by atoms with van der Waals surface area (Å²) in [5.41, 5.74) is 0.172. The van der Waals surface area contributed by atoms with Crippen molar-refractivity contribution < 1.29 is 9.18 Å². The van der Waals surface area contributed by atoms with Crippen LogP contribution in [0.2, 0.25) is 5.02 Å². The molecule has 1 aromatic carbocycles. The lowest BCUT2D eigenvalue weighted by Crippen LogP contribution is -2.32. The molecule has 110 valence electrons. The zero-order valence-electron chi connectivity index (χ0n) is 11.5. The summed E-state index contributed by atoms with van der Waals surface area (Å²) in [5.74, 6) is -0.128. The Balaban J connectivity index is 1.84. The van der Waals surface area contributed by atoms with Crippen LogP contribution >= 0.6 is 11.6 Å². The maximum atomic E-state index is 13.6. The van der Waals surface area contributed by atoms with Gasteiger partial charge in [0.05, 0.1) is 12.2 Å². The van der Waals surface area contributed by atoms with Crippen LogP contribution in [-0.2, 0) is 4.79 Å². The Kier molecular flexibility index (Phi) is 5.34. The number of anilines is 1. The fourth-order valence-electron chi connectivity index (χ4n) is 2.50. The highest BCUT2D eigenvalue weighted by Crippen LogP contribution is 2.19. The standard InChI is InChI=1S/C14H19ClFN3O/c1-17-7-10-4-5-19(8-10)9-14(20)18-13-3-2-11(15)6-12(13)16/h2-3,6,10,17H,4-5,7-9H2,1H3,(H,18,20). The van der Waals surface area contributed by atoms with Gasteiger partial charge in [-0.05, 0) is 50.7 Å². The van der Waals surface area contributed by atoms with Crippen molar-refractivity contribution in [3.63, 3.8) is 0 Å². The molecule has 0 bridgehead atoms. The topological polar surface area (TPSA) is 44.4 Å². The average molecular weight is 300 g/mol. The van der Waals surface area contributed by atoms with Gasteiger partial charge in [0, 0.05) is 11.6 Å². The normalized spacial score (nSPS) is 19.2. The number of likely N-dealkylation sites (tertiary alicyclic amines) is 1. The molecule has 1 fully saturated rings. The minimum absolute atomic E-state index is 0.172. The summed E-state index contributed by atoms with van der Waals surface area (Å²) in [7, 11) is 1.93. The van der Waals surface area contributed by atoms with Crippen molar-refractivity contribution in [1.82, 2.24) is 10.2 Å². The molecule has 1 aliphatic heterocycles. The van der Waals surface area contributed by atoms with Crippen molar-refractivity contribution in [2.24, 2.45) is 5.92 Å². The third-order valence-corrected chi connectivity index (χ3v) is 3.67. The van der Waals surface area contributed by atoms with Gasteiger partial charge in [-0.25, -0.2) is 4.39 Å². The van der Waals surface area contributed by atoms with E-state index in [1.165, 1.54) is 12.1 Å². The molecule has 0 saturated carbocycles. The number of nitrogens with one attached hydrogen (secondary N) is 2. The molecule has 1 saturated heterocycles. The first kappa shape index (κ1) is 15.2. The number of nitrogens with zero attached hydrogens (tertiary/aromatic N) is 1. The van der Waals surface area contributed by atoms with Crippen molar-refractivity contribution in [2.45, 2.75) is 6.42 Å². The molecule has 0 aliphatic carbocycles. The van der Waals surface area contributed by atoms with Crippen LogP contribution in [0, 0.1) is 11.7 Å².